The van der Waals surface area contributed by atoms with E-state index in [0.29, 0.717) is 30.8 Å². The van der Waals surface area contributed by atoms with Gasteiger partial charge in [-0.05, 0) is 48.2 Å². The van der Waals surface area contributed by atoms with Gasteiger partial charge in [-0.1, -0.05) is 51.1 Å². The number of thioether (sulfide) groups is 1. The largest absolute Gasteiger partial charge is 0.480 e. The second-order valence-electron chi connectivity index (χ2n) is 15.3. The van der Waals surface area contributed by atoms with Crippen molar-refractivity contribution in [3.8, 4) is 11.1 Å². The lowest BCUT2D eigenvalue weighted by Gasteiger charge is -2.41. The van der Waals surface area contributed by atoms with Crippen LogP contribution < -0.4 is 16.4 Å². The van der Waals surface area contributed by atoms with Crippen LogP contribution in [-0.2, 0) is 44.8 Å². The number of carbonyl (C=O) groups is 6. The van der Waals surface area contributed by atoms with Gasteiger partial charge in [0.15, 0.2) is 0 Å². The SMILES string of the molecule is CC(C)(C)C(c1cc(-c2cc(F)ccc2F)cn1Cc1ccccc1)N(CCCN)C(=O)CSCC(NC(=O)CCOCCOCCNC(=O)CN1C(=O)C=CC1=O)C(=O)O. The fraction of sp³-hybridized carbons (Fsp3) is 0.442. The molecular formula is C43H54F2N6O9S. The number of hydrogen-bond donors (Lipinski definition) is 4. The number of carboxylic acids is 1. The first-order valence-corrected chi connectivity index (χ1v) is 21.0. The number of carbonyl (C=O) groups excluding carboxylic acids is 5. The molecule has 2 atom stereocenters. The highest BCUT2D eigenvalue weighted by atomic mass is 32.2. The molecule has 18 heteroatoms. The molecular weight excluding hydrogens is 815 g/mol. The van der Waals surface area contributed by atoms with E-state index in [4.69, 9.17) is 15.2 Å². The van der Waals surface area contributed by atoms with Crippen LogP contribution >= 0.6 is 11.8 Å². The van der Waals surface area contributed by atoms with Crippen LogP contribution in [0.4, 0.5) is 8.78 Å². The zero-order chi connectivity index (χ0) is 44.5. The van der Waals surface area contributed by atoms with Crippen molar-refractivity contribution in [1.29, 1.82) is 0 Å². The molecule has 1 aliphatic rings. The van der Waals surface area contributed by atoms with Crippen LogP contribution in [0.1, 0.15) is 50.9 Å². The quantitative estimate of drug-likeness (QED) is 0.0717. The van der Waals surface area contributed by atoms with Gasteiger partial charge in [-0.15, -0.1) is 11.8 Å². The van der Waals surface area contributed by atoms with Gasteiger partial charge in [0.2, 0.25) is 17.7 Å². The molecule has 61 heavy (non-hydrogen) atoms. The van der Waals surface area contributed by atoms with Gasteiger partial charge < -0.3 is 40.4 Å². The summed E-state index contributed by atoms with van der Waals surface area (Å²) in [7, 11) is 0. The molecule has 0 saturated heterocycles. The Balaban J connectivity index is 1.31. The number of benzene rings is 2. The first kappa shape index (κ1) is 48.2. The highest BCUT2D eigenvalue weighted by molar-refractivity contribution is 8.00. The van der Waals surface area contributed by atoms with E-state index in [0.717, 1.165) is 52.6 Å². The summed E-state index contributed by atoms with van der Waals surface area (Å²) in [5, 5.41) is 14.9. The Morgan fingerprint density at radius 1 is 0.934 bits per heavy atom. The number of hydrogen-bond acceptors (Lipinski definition) is 10. The maximum absolute atomic E-state index is 15.1. The van der Waals surface area contributed by atoms with Crippen molar-refractivity contribution in [3.63, 3.8) is 0 Å². The maximum Gasteiger partial charge on any atom is 0.327 e. The fourth-order valence-corrected chi connectivity index (χ4v) is 7.52. The molecule has 0 spiro atoms. The molecule has 0 bridgehead atoms. The Morgan fingerprint density at radius 2 is 1.62 bits per heavy atom. The minimum atomic E-state index is -1.29. The molecule has 4 rings (SSSR count). The molecule has 0 saturated carbocycles. The minimum absolute atomic E-state index is 0.0142. The summed E-state index contributed by atoms with van der Waals surface area (Å²) < 4.78 is 42.2. The summed E-state index contributed by atoms with van der Waals surface area (Å²) >= 11 is 1.06. The monoisotopic (exact) mass is 868 g/mol. The predicted molar refractivity (Wildman–Crippen MR) is 225 cm³/mol. The van der Waals surface area contributed by atoms with Crippen molar-refractivity contribution in [2.75, 3.05) is 64.1 Å². The lowest BCUT2D eigenvalue weighted by Crippen LogP contribution is -2.45. The summed E-state index contributed by atoms with van der Waals surface area (Å²) in [5.74, 6) is -5.12. The Kier molecular flexibility index (Phi) is 18.6. The average molecular weight is 869 g/mol. The summed E-state index contributed by atoms with van der Waals surface area (Å²) in [6.07, 6.45) is 4.29. The Bertz CT molecular complexity index is 2010. The van der Waals surface area contributed by atoms with Crippen LogP contribution in [0.2, 0.25) is 0 Å². The summed E-state index contributed by atoms with van der Waals surface area (Å²) in [4.78, 5) is 76.5. The number of imide groups is 1. The van der Waals surface area contributed by atoms with Gasteiger partial charge >= 0.3 is 5.97 Å². The topological polar surface area (TPSA) is 203 Å². The molecule has 1 aromatic heterocycles. The number of nitrogens with two attached hydrogens (primary N) is 1. The van der Waals surface area contributed by atoms with E-state index in [9.17, 15) is 38.3 Å². The van der Waals surface area contributed by atoms with Crippen LogP contribution in [0, 0.1) is 17.0 Å². The molecule has 0 aliphatic carbocycles. The molecule has 330 valence electrons. The van der Waals surface area contributed by atoms with Gasteiger partial charge in [0.25, 0.3) is 11.8 Å². The zero-order valence-electron chi connectivity index (χ0n) is 34.6. The number of amides is 5. The Morgan fingerprint density at radius 3 is 2.28 bits per heavy atom. The van der Waals surface area contributed by atoms with E-state index in [1.807, 2.05) is 55.7 Å². The molecule has 5 amide bonds. The minimum Gasteiger partial charge on any atom is -0.480 e. The molecule has 2 heterocycles. The summed E-state index contributed by atoms with van der Waals surface area (Å²) in [5.41, 5.74) is 7.54. The fourth-order valence-electron chi connectivity index (χ4n) is 6.60. The molecule has 0 radical (unpaired) electrons. The van der Waals surface area contributed by atoms with Gasteiger partial charge in [-0.2, -0.15) is 0 Å². The first-order valence-electron chi connectivity index (χ1n) is 19.8. The van der Waals surface area contributed by atoms with Crippen LogP contribution in [0.15, 0.2) is 72.9 Å². The molecule has 2 aromatic carbocycles. The van der Waals surface area contributed by atoms with E-state index in [1.54, 1.807) is 17.2 Å². The van der Waals surface area contributed by atoms with Crippen LogP contribution in [0.25, 0.3) is 11.1 Å². The Hall–Kier alpha value is -5.43. The van der Waals surface area contributed by atoms with Crippen molar-refractivity contribution in [1.82, 2.24) is 25.0 Å². The van der Waals surface area contributed by atoms with Gasteiger partial charge in [-0.25, -0.2) is 13.6 Å². The number of rotatable bonds is 25. The number of carboxylic acid groups (broad SMARTS) is 1. The Labute approximate surface area is 358 Å². The third-order valence-corrected chi connectivity index (χ3v) is 10.5. The lowest BCUT2D eigenvalue weighted by molar-refractivity contribution is -0.141. The van der Waals surface area contributed by atoms with E-state index in [2.05, 4.69) is 10.6 Å². The second-order valence-corrected chi connectivity index (χ2v) is 16.3. The standard InChI is InChI=1S/C43H54F2N6O9S/c1-43(2,3)41(35-22-30(32-23-31(44)10-11-33(32)45)25-49(35)24-29-8-5-4-6-9-29)50(17-7-15-46)40(56)28-61-27-34(42(57)58)48-36(52)14-18-59-20-21-60-19-16-47-37(53)26-51-38(54)12-13-39(51)55/h4-6,8-13,22-23,25,34,41H,7,14-21,24,26-28,46H2,1-3H3,(H,47,53)(H,48,52)(H,57,58). The van der Waals surface area contributed by atoms with Crippen molar-refractivity contribution < 1.29 is 52.1 Å². The molecule has 2 unspecified atom stereocenters. The van der Waals surface area contributed by atoms with Gasteiger partial charge in [-0.3, -0.25) is 28.9 Å². The highest BCUT2D eigenvalue weighted by Gasteiger charge is 2.37. The van der Waals surface area contributed by atoms with Crippen LogP contribution in [0.3, 0.4) is 0 Å². The number of ether oxygens (including phenoxy) is 2. The predicted octanol–water partition coefficient (Wildman–Crippen LogP) is 3.51. The maximum atomic E-state index is 15.1. The van der Waals surface area contributed by atoms with Crippen molar-refractivity contribution in [2.45, 2.75) is 52.2 Å². The van der Waals surface area contributed by atoms with Gasteiger partial charge in [0, 0.05) is 67.0 Å². The lowest BCUT2D eigenvalue weighted by atomic mass is 9.83. The third-order valence-electron chi connectivity index (χ3n) is 9.46. The average Bonchev–Trinajstić information content (AvgIpc) is 3.76. The van der Waals surface area contributed by atoms with Gasteiger partial charge in [0.05, 0.1) is 38.2 Å². The van der Waals surface area contributed by atoms with Crippen molar-refractivity contribution in [3.05, 3.63) is 95.8 Å². The molecule has 0 fully saturated rings. The smallest absolute Gasteiger partial charge is 0.327 e. The molecule has 5 N–H and O–H groups in total. The summed E-state index contributed by atoms with van der Waals surface area (Å²) in [6, 6.07) is 12.8. The van der Waals surface area contributed by atoms with Crippen LogP contribution in [-0.4, -0.2) is 125 Å². The van der Waals surface area contributed by atoms with Crippen molar-refractivity contribution in [2.24, 2.45) is 11.1 Å². The van der Waals surface area contributed by atoms with E-state index in [-0.39, 0.29) is 75.5 Å². The molecule has 1 aliphatic heterocycles. The summed E-state index contributed by atoms with van der Waals surface area (Å²) in [6.45, 7) is 7.07. The third kappa shape index (κ3) is 14.9. The highest BCUT2D eigenvalue weighted by Crippen LogP contribution is 2.41. The number of nitrogens with one attached hydrogen (secondary N) is 2. The first-order chi connectivity index (χ1) is 29.1. The van der Waals surface area contributed by atoms with E-state index < -0.39 is 58.7 Å². The molecule has 15 nitrogen and oxygen atoms in total. The number of aromatic nitrogens is 1. The van der Waals surface area contributed by atoms with E-state index >= 15 is 4.39 Å². The normalized spacial score (nSPS) is 13.6. The molecule has 3 aromatic rings. The zero-order valence-corrected chi connectivity index (χ0v) is 35.4. The number of halogens is 2. The number of aliphatic carboxylic acids is 1. The van der Waals surface area contributed by atoms with E-state index in [1.165, 1.54) is 0 Å². The van der Waals surface area contributed by atoms with Gasteiger partial charge in [0.1, 0.15) is 24.2 Å². The van der Waals surface area contributed by atoms with Crippen LogP contribution in [0.5, 0.6) is 0 Å². The van der Waals surface area contributed by atoms with Crippen molar-refractivity contribution >= 4 is 47.3 Å². The second kappa shape index (κ2) is 23.5. The number of nitrogens with zero attached hydrogens (tertiary/aromatic N) is 3.